The molecule has 0 saturated carbocycles. The number of fused-ring (bicyclic) bond motifs is 4. The summed E-state index contributed by atoms with van der Waals surface area (Å²) < 4.78 is 0. The Hall–Kier alpha value is -2.15. The van der Waals surface area contributed by atoms with Gasteiger partial charge < -0.3 is 0 Å². The SMILES string of the molecule is c1ccc2c(c1)Cc1cc3ncccc3cc1-2. The normalized spacial score (nSPS) is 12.5. The maximum Gasteiger partial charge on any atom is 0.0705 e. The smallest absolute Gasteiger partial charge is 0.0705 e. The second kappa shape index (κ2) is 3.17. The Bertz CT molecular complexity index is 728. The molecule has 3 aromatic rings. The molecule has 0 unspecified atom stereocenters. The molecule has 1 heteroatoms. The first-order valence-corrected chi connectivity index (χ1v) is 5.88. The highest BCUT2D eigenvalue weighted by atomic mass is 14.6. The maximum absolute atomic E-state index is 4.42. The van der Waals surface area contributed by atoms with Gasteiger partial charge in [0.2, 0.25) is 0 Å². The average molecular weight is 217 g/mol. The summed E-state index contributed by atoms with van der Waals surface area (Å²) in [5.41, 5.74) is 6.68. The minimum absolute atomic E-state index is 1.04. The molecule has 1 aliphatic rings. The minimum atomic E-state index is 1.04. The summed E-state index contributed by atoms with van der Waals surface area (Å²) in [6.45, 7) is 0. The molecule has 1 aromatic heterocycles. The van der Waals surface area contributed by atoms with Crippen LogP contribution in [-0.4, -0.2) is 4.98 Å². The molecule has 0 radical (unpaired) electrons. The lowest BCUT2D eigenvalue weighted by atomic mass is 10.0. The van der Waals surface area contributed by atoms with E-state index < -0.39 is 0 Å². The topological polar surface area (TPSA) is 12.9 Å². The summed E-state index contributed by atoms with van der Waals surface area (Å²) in [5, 5.41) is 1.22. The summed E-state index contributed by atoms with van der Waals surface area (Å²) in [7, 11) is 0. The van der Waals surface area contributed by atoms with Gasteiger partial charge in [0, 0.05) is 11.6 Å². The van der Waals surface area contributed by atoms with Gasteiger partial charge in [0.15, 0.2) is 0 Å². The molecule has 0 spiro atoms. The number of rotatable bonds is 0. The summed E-state index contributed by atoms with van der Waals surface area (Å²) in [4.78, 5) is 4.42. The van der Waals surface area contributed by atoms with Gasteiger partial charge in [-0.05, 0) is 46.9 Å². The summed E-state index contributed by atoms with van der Waals surface area (Å²) in [6.07, 6.45) is 2.90. The van der Waals surface area contributed by atoms with Crippen molar-refractivity contribution in [1.29, 1.82) is 0 Å². The number of benzene rings is 2. The summed E-state index contributed by atoms with van der Waals surface area (Å²) >= 11 is 0. The predicted octanol–water partition coefficient (Wildman–Crippen LogP) is 3.81. The Kier molecular flexibility index (Phi) is 1.67. The molecule has 80 valence electrons. The van der Waals surface area contributed by atoms with Crippen molar-refractivity contribution in [2.75, 3.05) is 0 Å². The van der Waals surface area contributed by atoms with Crippen molar-refractivity contribution >= 4 is 10.9 Å². The van der Waals surface area contributed by atoms with Crippen molar-refractivity contribution < 1.29 is 0 Å². The van der Waals surface area contributed by atoms with E-state index in [1.54, 1.807) is 0 Å². The third-order valence-electron chi connectivity index (χ3n) is 3.52. The van der Waals surface area contributed by atoms with Gasteiger partial charge in [-0.25, -0.2) is 0 Å². The third-order valence-corrected chi connectivity index (χ3v) is 3.52. The average Bonchev–Trinajstić information content (AvgIpc) is 2.73. The van der Waals surface area contributed by atoms with E-state index in [0.29, 0.717) is 0 Å². The Balaban J connectivity index is 2.07. The summed E-state index contributed by atoms with van der Waals surface area (Å²) in [6, 6.07) is 17.3. The number of hydrogen-bond acceptors (Lipinski definition) is 1. The molecule has 4 rings (SSSR count). The van der Waals surface area contributed by atoms with E-state index in [1.165, 1.54) is 27.6 Å². The van der Waals surface area contributed by atoms with E-state index >= 15 is 0 Å². The molecular formula is C16H11N. The molecule has 1 aliphatic carbocycles. The van der Waals surface area contributed by atoms with Crippen molar-refractivity contribution in [3.05, 3.63) is 65.9 Å². The standard InChI is InChI=1S/C16H11N/c1-2-6-14-11(4-1)8-13-10-16-12(9-15(13)14)5-3-7-17-16/h1-7,9-10H,8H2. The lowest BCUT2D eigenvalue weighted by Crippen LogP contribution is -1.83. The molecule has 0 fully saturated rings. The zero-order chi connectivity index (χ0) is 11.2. The Morgan fingerprint density at radius 1 is 0.824 bits per heavy atom. The quantitative estimate of drug-likeness (QED) is 0.436. The Morgan fingerprint density at radius 2 is 1.76 bits per heavy atom. The molecule has 0 amide bonds. The van der Waals surface area contributed by atoms with Gasteiger partial charge in [-0.3, -0.25) is 4.98 Å². The van der Waals surface area contributed by atoms with Crippen LogP contribution in [0, 0.1) is 0 Å². The lowest BCUT2D eigenvalue weighted by Gasteiger charge is -2.03. The number of aromatic nitrogens is 1. The maximum atomic E-state index is 4.42. The third kappa shape index (κ3) is 1.22. The van der Waals surface area contributed by atoms with Gasteiger partial charge in [-0.2, -0.15) is 0 Å². The van der Waals surface area contributed by atoms with E-state index in [9.17, 15) is 0 Å². The van der Waals surface area contributed by atoms with Crippen LogP contribution in [0.25, 0.3) is 22.0 Å². The fourth-order valence-corrected chi connectivity index (χ4v) is 2.70. The highest BCUT2D eigenvalue weighted by Crippen LogP contribution is 2.38. The molecule has 17 heavy (non-hydrogen) atoms. The Labute approximate surface area is 99.7 Å². The highest BCUT2D eigenvalue weighted by molar-refractivity contribution is 5.89. The molecule has 0 bridgehead atoms. The van der Waals surface area contributed by atoms with E-state index in [1.807, 2.05) is 12.3 Å². The first-order valence-electron chi connectivity index (χ1n) is 5.88. The highest BCUT2D eigenvalue weighted by Gasteiger charge is 2.18. The molecule has 2 aromatic carbocycles. The summed E-state index contributed by atoms with van der Waals surface area (Å²) in [5.74, 6) is 0. The van der Waals surface area contributed by atoms with Crippen molar-refractivity contribution in [2.45, 2.75) is 6.42 Å². The zero-order valence-electron chi connectivity index (χ0n) is 9.35. The van der Waals surface area contributed by atoms with Crippen LogP contribution in [0.4, 0.5) is 0 Å². The van der Waals surface area contributed by atoms with Crippen LogP contribution in [0.5, 0.6) is 0 Å². The van der Waals surface area contributed by atoms with Crippen LogP contribution < -0.4 is 0 Å². The second-order valence-corrected chi connectivity index (χ2v) is 4.54. The van der Waals surface area contributed by atoms with Gasteiger partial charge in [-0.15, -0.1) is 0 Å². The van der Waals surface area contributed by atoms with Crippen LogP contribution in [0.15, 0.2) is 54.7 Å². The van der Waals surface area contributed by atoms with E-state index in [2.05, 4.69) is 47.4 Å². The van der Waals surface area contributed by atoms with E-state index in [-0.39, 0.29) is 0 Å². The molecule has 0 atom stereocenters. The molecular weight excluding hydrogens is 206 g/mol. The molecule has 0 N–H and O–H groups in total. The van der Waals surface area contributed by atoms with Gasteiger partial charge in [0.1, 0.15) is 0 Å². The van der Waals surface area contributed by atoms with Gasteiger partial charge in [-0.1, -0.05) is 30.3 Å². The van der Waals surface area contributed by atoms with Gasteiger partial charge in [0.25, 0.3) is 0 Å². The van der Waals surface area contributed by atoms with Crippen LogP contribution in [0.2, 0.25) is 0 Å². The first kappa shape index (κ1) is 8.94. The first-order chi connectivity index (χ1) is 8.42. The molecule has 0 aliphatic heterocycles. The second-order valence-electron chi connectivity index (χ2n) is 4.54. The fraction of sp³-hybridized carbons (Fsp3) is 0.0625. The Morgan fingerprint density at radius 3 is 2.76 bits per heavy atom. The fourth-order valence-electron chi connectivity index (χ4n) is 2.70. The molecule has 1 heterocycles. The lowest BCUT2D eigenvalue weighted by molar-refractivity contribution is 1.26. The minimum Gasteiger partial charge on any atom is -0.256 e. The van der Waals surface area contributed by atoms with Crippen molar-refractivity contribution in [2.24, 2.45) is 0 Å². The zero-order valence-corrected chi connectivity index (χ0v) is 9.35. The van der Waals surface area contributed by atoms with Crippen molar-refractivity contribution in [3.8, 4) is 11.1 Å². The number of pyridine rings is 1. The van der Waals surface area contributed by atoms with Crippen LogP contribution in [-0.2, 0) is 6.42 Å². The van der Waals surface area contributed by atoms with Crippen LogP contribution >= 0.6 is 0 Å². The predicted molar refractivity (Wildman–Crippen MR) is 70.0 cm³/mol. The number of nitrogens with zero attached hydrogens (tertiary/aromatic N) is 1. The van der Waals surface area contributed by atoms with E-state index in [0.717, 1.165) is 11.9 Å². The van der Waals surface area contributed by atoms with Crippen molar-refractivity contribution in [1.82, 2.24) is 4.98 Å². The van der Waals surface area contributed by atoms with Crippen molar-refractivity contribution in [3.63, 3.8) is 0 Å². The monoisotopic (exact) mass is 217 g/mol. The number of hydrogen-bond donors (Lipinski definition) is 0. The van der Waals surface area contributed by atoms with Gasteiger partial charge in [0.05, 0.1) is 5.52 Å². The largest absolute Gasteiger partial charge is 0.256 e. The van der Waals surface area contributed by atoms with Crippen LogP contribution in [0.1, 0.15) is 11.1 Å². The van der Waals surface area contributed by atoms with Crippen LogP contribution in [0.3, 0.4) is 0 Å². The van der Waals surface area contributed by atoms with E-state index in [4.69, 9.17) is 0 Å². The molecule has 0 saturated heterocycles. The van der Waals surface area contributed by atoms with Gasteiger partial charge >= 0.3 is 0 Å². The molecule has 1 nitrogen and oxygen atoms in total.